The number of likely N-dealkylation sites (tertiary alicyclic amines) is 2. The highest BCUT2D eigenvalue weighted by Crippen LogP contribution is 2.23. The number of benzene rings is 1. The van der Waals surface area contributed by atoms with Gasteiger partial charge in [-0.1, -0.05) is 0 Å². The smallest absolute Gasteiger partial charge is 0.319 e. The maximum Gasteiger partial charge on any atom is 0.319 e. The molecule has 1 aromatic carbocycles. The Morgan fingerprint density at radius 3 is 2.29 bits per heavy atom. The third kappa shape index (κ3) is 4.61. The van der Waals surface area contributed by atoms with Gasteiger partial charge in [0.2, 0.25) is 0 Å². The summed E-state index contributed by atoms with van der Waals surface area (Å²) in [5.41, 5.74) is 0.480. The Labute approximate surface area is 164 Å². The van der Waals surface area contributed by atoms with E-state index >= 15 is 0 Å². The van der Waals surface area contributed by atoms with E-state index in [-0.39, 0.29) is 23.9 Å². The van der Waals surface area contributed by atoms with Crippen molar-refractivity contribution in [1.29, 1.82) is 0 Å². The standard InChI is InChI=1S/C20H27FN4O3/c1-13-4-3-5-14(2)25(13)19(27)18(26)24-11-10-17(12-24)23-20(28)22-16-8-6-15(21)7-9-16/h6-9,13-14,17H,3-5,10-12H2,1-2H3,(H2,22,23,28)/t13-,14-,17+/m1/s1. The highest BCUT2D eigenvalue weighted by atomic mass is 19.1. The van der Waals surface area contributed by atoms with Gasteiger partial charge < -0.3 is 20.4 Å². The first-order chi connectivity index (χ1) is 13.3. The molecule has 3 atom stereocenters. The summed E-state index contributed by atoms with van der Waals surface area (Å²) >= 11 is 0. The summed E-state index contributed by atoms with van der Waals surface area (Å²) in [5, 5.41) is 5.43. The van der Waals surface area contributed by atoms with E-state index in [4.69, 9.17) is 0 Å². The predicted molar refractivity (Wildman–Crippen MR) is 103 cm³/mol. The second kappa shape index (κ2) is 8.58. The van der Waals surface area contributed by atoms with Gasteiger partial charge in [-0.3, -0.25) is 9.59 Å². The summed E-state index contributed by atoms with van der Waals surface area (Å²) in [7, 11) is 0. The molecule has 0 bridgehead atoms. The number of nitrogens with zero attached hydrogens (tertiary/aromatic N) is 2. The number of anilines is 1. The van der Waals surface area contributed by atoms with Crippen molar-refractivity contribution in [2.45, 2.75) is 57.7 Å². The lowest BCUT2D eigenvalue weighted by atomic mass is 9.97. The number of amides is 4. The minimum Gasteiger partial charge on any atom is -0.333 e. The van der Waals surface area contributed by atoms with Gasteiger partial charge in [-0.05, 0) is 63.8 Å². The van der Waals surface area contributed by atoms with Crippen LogP contribution < -0.4 is 10.6 Å². The molecule has 28 heavy (non-hydrogen) atoms. The molecular weight excluding hydrogens is 363 g/mol. The summed E-state index contributed by atoms with van der Waals surface area (Å²) in [5.74, 6) is -1.32. The molecule has 7 nitrogen and oxygen atoms in total. The fourth-order valence-electron chi connectivity index (χ4n) is 4.02. The van der Waals surface area contributed by atoms with Crippen LogP contribution in [0.2, 0.25) is 0 Å². The first-order valence-corrected chi connectivity index (χ1v) is 9.80. The molecular formula is C20H27FN4O3. The molecule has 2 N–H and O–H groups in total. The second-order valence-electron chi connectivity index (χ2n) is 7.68. The van der Waals surface area contributed by atoms with Crippen molar-refractivity contribution in [2.75, 3.05) is 18.4 Å². The summed E-state index contributed by atoms with van der Waals surface area (Å²) in [4.78, 5) is 40.7. The highest BCUT2D eigenvalue weighted by molar-refractivity contribution is 6.35. The normalized spacial score (nSPS) is 24.8. The summed E-state index contributed by atoms with van der Waals surface area (Å²) in [6.45, 7) is 4.70. The molecule has 0 radical (unpaired) electrons. The average molecular weight is 390 g/mol. The van der Waals surface area contributed by atoms with E-state index in [9.17, 15) is 18.8 Å². The van der Waals surface area contributed by atoms with Crippen LogP contribution in [-0.4, -0.2) is 58.9 Å². The Morgan fingerprint density at radius 2 is 1.64 bits per heavy atom. The topological polar surface area (TPSA) is 81.8 Å². The zero-order valence-electron chi connectivity index (χ0n) is 16.3. The molecule has 3 rings (SSSR count). The van der Waals surface area contributed by atoms with E-state index < -0.39 is 17.8 Å². The Bertz CT molecular complexity index is 729. The van der Waals surface area contributed by atoms with Crippen LogP contribution in [-0.2, 0) is 9.59 Å². The molecule has 0 saturated carbocycles. The number of hydrogen-bond acceptors (Lipinski definition) is 3. The molecule has 8 heteroatoms. The van der Waals surface area contributed by atoms with Crippen molar-refractivity contribution in [1.82, 2.24) is 15.1 Å². The van der Waals surface area contributed by atoms with Crippen LogP contribution in [0.5, 0.6) is 0 Å². The molecule has 152 valence electrons. The van der Waals surface area contributed by atoms with Crippen LogP contribution >= 0.6 is 0 Å². The van der Waals surface area contributed by atoms with Crippen molar-refractivity contribution >= 4 is 23.5 Å². The van der Waals surface area contributed by atoms with Gasteiger partial charge in [0.1, 0.15) is 5.82 Å². The second-order valence-corrected chi connectivity index (χ2v) is 7.68. The number of urea groups is 1. The Morgan fingerprint density at radius 1 is 1.00 bits per heavy atom. The SMILES string of the molecule is C[C@@H]1CCC[C@@H](C)N1C(=O)C(=O)N1CC[C@H](NC(=O)Nc2ccc(F)cc2)C1. The number of hydrogen-bond donors (Lipinski definition) is 2. The molecule has 2 saturated heterocycles. The zero-order valence-corrected chi connectivity index (χ0v) is 16.3. The molecule has 2 fully saturated rings. The number of nitrogens with one attached hydrogen (secondary N) is 2. The van der Waals surface area contributed by atoms with Gasteiger partial charge in [0, 0.05) is 36.9 Å². The van der Waals surface area contributed by atoms with E-state index in [1.807, 2.05) is 13.8 Å². The van der Waals surface area contributed by atoms with Gasteiger partial charge in [0.05, 0.1) is 0 Å². The van der Waals surface area contributed by atoms with Gasteiger partial charge in [0.25, 0.3) is 0 Å². The number of halogens is 1. The van der Waals surface area contributed by atoms with Crippen LogP contribution in [0.25, 0.3) is 0 Å². The predicted octanol–water partition coefficient (Wildman–Crippen LogP) is 2.34. The van der Waals surface area contributed by atoms with Crippen molar-refractivity contribution in [2.24, 2.45) is 0 Å². The zero-order chi connectivity index (χ0) is 20.3. The number of carbonyl (C=O) groups excluding carboxylic acids is 3. The highest BCUT2D eigenvalue weighted by Gasteiger charge is 2.37. The lowest BCUT2D eigenvalue weighted by Crippen LogP contribution is -2.53. The molecule has 0 aliphatic carbocycles. The van der Waals surface area contributed by atoms with Gasteiger partial charge in [0.15, 0.2) is 0 Å². The third-order valence-electron chi connectivity index (χ3n) is 5.52. The molecule has 2 aliphatic heterocycles. The van der Waals surface area contributed by atoms with Crippen LogP contribution in [0.15, 0.2) is 24.3 Å². The molecule has 0 aromatic heterocycles. The third-order valence-corrected chi connectivity index (χ3v) is 5.52. The Hall–Kier alpha value is -2.64. The maximum absolute atomic E-state index is 12.9. The number of rotatable bonds is 2. The lowest BCUT2D eigenvalue weighted by molar-refractivity contribution is -0.155. The van der Waals surface area contributed by atoms with Crippen LogP contribution in [0.3, 0.4) is 0 Å². The molecule has 4 amide bonds. The number of carbonyl (C=O) groups is 3. The van der Waals surface area contributed by atoms with Gasteiger partial charge in [-0.2, -0.15) is 0 Å². The van der Waals surface area contributed by atoms with Crippen LogP contribution in [0, 0.1) is 5.82 Å². The van der Waals surface area contributed by atoms with Gasteiger partial charge >= 0.3 is 17.8 Å². The van der Waals surface area contributed by atoms with Crippen LogP contribution in [0.4, 0.5) is 14.9 Å². The van der Waals surface area contributed by atoms with E-state index in [1.54, 1.807) is 4.90 Å². The van der Waals surface area contributed by atoms with Gasteiger partial charge in [-0.25, -0.2) is 9.18 Å². The maximum atomic E-state index is 12.9. The minimum absolute atomic E-state index is 0.0678. The van der Waals surface area contributed by atoms with Crippen LogP contribution in [0.1, 0.15) is 39.5 Å². The van der Waals surface area contributed by atoms with E-state index in [0.29, 0.717) is 25.2 Å². The summed E-state index contributed by atoms with van der Waals surface area (Å²) in [6, 6.07) is 4.96. The van der Waals surface area contributed by atoms with Crippen molar-refractivity contribution in [3.63, 3.8) is 0 Å². The fourth-order valence-corrected chi connectivity index (χ4v) is 4.02. The van der Waals surface area contributed by atoms with E-state index in [2.05, 4.69) is 10.6 Å². The molecule has 2 aliphatic rings. The van der Waals surface area contributed by atoms with E-state index in [0.717, 1.165) is 19.3 Å². The lowest BCUT2D eigenvalue weighted by Gasteiger charge is -2.39. The number of piperidine rings is 1. The summed E-state index contributed by atoms with van der Waals surface area (Å²) < 4.78 is 12.9. The minimum atomic E-state index is -0.496. The molecule has 2 heterocycles. The summed E-state index contributed by atoms with van der Waals surface area (Å²) in [6.07, 6.45) is 3.48. The van der Waals surface area contributed by atoms with Crippen molar-refractivity contribution in [3.05, 3.63) is 30.1 Å². The first-order valence-electron chi connectivity index (χ1n) is 9.80. The fraction of sp³-hybridized carbons (Fsp3) is 0.550. The van der Waals surface area contributed by atoms with Crippen molar-refractivity contribution < 1.29 is 18.8 Å². The van der Waals surface area contributed by atoms with Crippen molar-refractivity contribution in [3.8, 4) is 0 Å². The monoisotopic (exact) mass is 390 g/mol. The van der Waals surface area contributed by atoms with Gasteiger partial charge in [-0.15, -0.1) is 0 Å². The molecule has 0 spiro atoms. The molecule has 0 unspecified atom stereocenters. The molecule has 1 aromatic rings. The quantitative estimate of drug-likeness (QED) is 0.761. The Balaban J connectivity index is 1.51. The average Bonchev–Trinajstić information content (AvgIpc) is 3.11. The first kappa shape index (κ1) is 20.1. The van der Waals surface area contributed by atoms with E-state index in [1.165, 1.54) is 29.2 Å². The Kier molecular flexibility index (Phi) is 6.16. The largest absolute Gasteiger partial charge is 0.333 e.